The van der Waals surface area contributed by atoms with E-state index >= 15 is 0 Å². The fourth-order valence-corrected chi connectivity index (χ4v) is 6.33. The van der Waals surface area contributed by atoms with Gasteiger partial charge >= 0.3 is 18.0 Å². The van der Waals surface area contributed by atoms with Gasteiger partial charge < -0.3 is 24.4 Å². The van der Waals surface area contributed by atoms with Crippen molar-refractivity contribution in [2.45, 2.75) is 194 Å². The zero-order valence-corrected chi connectivity index (χ0v) is 33.7. The summed E-state index contributed by atoms with van der Waals surface area (Å²) in [6, 6.07) is 0. The standard InChI is InChI=1S/C42H82N2O6/c1-6-9-12-15-18-19-20-23-26-30-40(45)48-35-31-38(37-43-42(47)50-34-27-33-44(4)5)32-36-49-41(46)39(28-24-21-16-13-10-7-2)29-25-22-17-14-11-8-3/h38-39H,6-37H2,1-5H3,(H,43,47). The minimum absolute atomic E-state index is 0.00761. The molecule has 0 aromatic carbocycles. The van der Waals surface area contributed by atoms with Crippen LogP contribution in [0.25, 0.3) is 0 Å². The van der Waals surface area contributed by atoms with Gasteiger partial charge in [-0.15, -0.1) is 0 Å². The third-order valence-electron chi connectivity index (χ3n) is 9.71. The number of carbonyl (C=O) groups excluding carboxylic acids is 3. The molecule has 8 heteroatoms. The van der Waals surface area contributed by atoms with E-state index in [1.165, 1.54) is 109 Å². The van der Waals surface area contributed by atoms with Crippen LogP contribution in [0.1, 0.15) is 194 Å². The summed E-state index contributed by atoms with van der Waals surface area (Å²) < 4.78 is 16.8. The molecule has 50 heavy (non-hydrogen) atoms. The molecule has 0 spiro atoms. The summed E-state index contributed by atoms with van der Waals surface area (Å²) in [5.74, 6) is -0.263. The van der Waals surface area contributed by atoms with Crippen LogP contribution in [0.4, 0.5) is 4.79 Å². The van der Waals surface area contributed by atoms with E-state index in [-0.39, 0.29) is 23.8 Å². The first kappa shape index (κ1) is 48.2. The minimum Gasteiger partial charge on any atom is -0.466 e. The normalized spacial score (nSPS) is 12.0. The average Bonchev–Trinajstić information content (AvgIpc) is 3.09. The molecule has 1 N–H and O–H groups in total. The lowest BCUT2D eigenvalue weighted by Gasteiger charge is -2.20. The van der Waals surface area contributed by atoms with E-state index in [9.17, 15) is 14.4 Å². The molecule has 0 rings (SSSR count). The maximum absolute atomic E-state index is 13.3. The molecule has 296 valence electrons. The Kier molecular flexibility index (Phi) is 35.6. The van der Waals surface area contributed by atoms with Crippen LogP contribution in [-0.2, 0) is 23.8 Å². The SMILES string of the molecule is CCCCCCCCCCCC(=O)OCCC(CCOC(=O)C(CCCCCCCC)CCCCCCCC)CNC(=O)OCCCN(C)C. The summed E-state index contributed by atoms with van der Waals surface area (Å²) in [7, 11) is 3.98. The number of rotatable bonds is 37. The number of unbranched alkanes of at least 4 members (excludes halogenated alkanes) is 18. The Balaban J connectivity index is 4.81. The topological polar surface area (TPSA) is 94.2 Å². The third kappa shape index (κ3) is 33.3. The van der Waals surface area contributed by atoms with Gasteiger partial charge in [0.1, 0.15) is 0 Å². The molecule has 8 nitrogen and oxygen atoms in total. The van der Waals surface area contributed by atoms with Crippen molar-refractivity contribution in [1.82, 2.24) is 10.2 Å². The van der Waals surface area contributed by atoms with Crippen molar-refractivity contribution in [3.05, 3.63) is 0 Å². The Labute approximate surface area is 309 Å². The van der Waals surface area contributed by atoms with E-state index in [0.29, 0.717) is 45.6 Å². The fourth-order valence-electron chi connectivity index (χ4n) is 6.33. The number of alkyl carbamates (subject to hydrolysis) is 1. The van der Waals surface area contributed by atoms with E-state index in [2.05, 4.69) is 31.0 Å². The predicted octanol–water partition coefficient (Wildman–Crippen LogP) is 11.2. The Hall–Kier alpha value is -1.83. The van der Waals surface area contributed by atoms with Gasteiger partial charge in [-0.1, -0.05) is 149 Å². The second kappa shape index (κ2) is 36.9. The van der Waals surface area contributed by atoms with Gasteiger partial charge in [0.15, 0.2) is 0 Å². The van der Waals surface area contributed by atoms with E-state index in [0.717, 1.165) is 51.5 Å². The first-order valence-corrected chi connectivity index (χ1v) is 21.2. The zero-order chi connectivity index (χ0) is 36.9. The van der Waals surface area contributed by atoms with Crippen LogP contribution in [0.15, 0.2) is 0 Å². The second-order valence-electron chi connectivity index (χ2n) is 14.9. The van der Waals surface area contributed by atoms with Crippen LogP contribution < -0.4 is 5.32 Å². The Bertz CT molecular complexity index is 761. The molecule has 1 amide bonds. The van der Waals surface area contributed by atoms with Crippen LogP contribution in [0.3, 0.4) is 0 Å². The lowest BCUT2D eigenvalue weighted by Crippen LogP contribution is -2.32. The molecule has 0 heterocycles. The van der Waals surface area contributed by atoms with Gasteiger partial charge in [0, 0.05) is 19.5 Å². The molecule has 0 aromatic heterocycles. The van der Waals surface area contributed by atoms with Gasteiger partial charge in [-0.2, -0.15) is 0 Å². The molecule has 0 aromatic rings. The summed E-state index contributed by atoms with van der Waals surface area (Å²) in [6.07, 6.45) is 29.3. The monoisotopic (exact) mass is 711 g/mol. The zero-order valence-electron chi connectivity index (χ0n) is 33.7. The molecule has 0 saturated carbocycles. The molecule has 1 unspecified atom stereocenters. The summed E-state index contributed by atoms with van der Waals surface area (Å²) >= 11 is 0. The van der Waals surface area contributed by atoms with Crippen molar-refractivity contribution >= 4 is 18.0 Å². The van der Waals surface area contributed by atoms with E-state index in [4.69, 9.17) is 14.2 Å². The molecule has 0 bridgehead atoms. The predicted molar refractivity (Wildman–Crippen MR) is 208 cm³/mol. The van der Waals surface area contributed by atoms with Gasteiger partial charge in [0.2, 0.25) is 0 Å². The minimum atomic E-state index is -0.439. The molecule has 0 aliphatic carbocycles. The van der Waals surface area contributed by atoms with Crippen molar-refractivity contribution in [3.63, 3.8) is 0 Å². The van der Waals surface area contributed by atoms with Crippen LogP contribution in [0.5, 0.6) is 0 Å². The molecule has 0 aliphatic rings. The fraction of sp³-hybridized carbons (Fsp3) is 0.929. The quantitative estimate of drug-likeness (QED) is 0.0389. The molecule has 1 atom stereocenters. The molecular weight excluding hydrogens is 628 g/mol. The van der Waals surface area contributed by atoms with Gasteiger partial charge in [0.05, 0.1) is 25.7 Å². The van der Waals surface area contributed by atoms with Crippen LogP contribution in [0, 0.1) is 11.8 Å². The van der Waals surface area contributed by atoms with Crippen LogP contribution in [0.2, 0.25) is 0 Å². The van der Waals surface area contributed by atoms with E-state index in [1.54, 1.807) is 0 Å². The number of nitrogens with zero attached hydrogens (tertiary/aromatic N) is 1. The van der Waals surface area contributed by atoms with Crippen molar-refractivity contribution < 1.29 is 28.6 Å². The second-order valence-corrected chi connectivity index (χ2v) is 14.9. The number of nitrogens with one attached hydrogen (secondary N) is 1. The summed E-state index contributed by atoms with van der Waals surface area (Å²) in [5.41, 5.74) is 0. The van der Waals surface area contributed by atoms with E-state index < -0.39 is 6.09 Å². The number of esters is 2. The number of hydrogen-bond donors (Lipinski definition) is 1. The van der Waals surface area contributed by atoms with Gasteiger partial charge in [-0.3, -0.25) is 9.59 Å². The van der Waals surface area contributed by atoms with Crippen LogP contribution in [-0.4, -0.2) is 69.9 Å². The van der Waals surface area contributed by atoms with Crippen molar-refractivity contribution in [2.24, 2.45) is 11.8 Å². The van der Waals surface area contributed by atoms with Gasteiger partial charge in [-0.25, -0.2) is 4.79 Å². The average molecular weight is 711 g/mol. The maximum Gasteiger partial charge on any atom is 0.407 e. The molecule has 0 fully saturated rings. The highest BCUT2D eigenvalue weighted by atomic mass is 16.5. The highest BCUT2D eigenvalue weighted by molar-refractivity contribution is 5.72. The molecular formula is C42H82N2O6. The highest BCUT2D eigenvalue weighted by Gasteiger charge is 2.21. The van der Waals surface area contributed by atoms with Crippen molar-refractivity contribution in [1.29, 1.82) is 0 Å². The van der Waals surface area contributed by atoms with Gasteiger partial charge in [-0.05, 0) is 58.5 Å². The Morgan fingerprint density at radius 2 is 0.980 bits per heavy atom. The van der Waals surface area contributed by atoms with Gasteiger partial charge in [0.25, 0.3) is 0 Å². The maximum atomic E-state index is 13.3. The third-order valence-corrected chi connectivity index (χ3v) is 9.71. The lowest BCUT2D eigenvalue weighted by molar-refractivity contribution is -0.149. The summed E-state index contributed by atoms with van der Waals surface area (Å²) in [4.78, 5) is 40.1. The van der Waals surface area contributed by atoms with Crippen molar-refractivity contribution in [2.75, 3.05) is 47.0 Å². The Morgan fingerprint density at radius 1 is 0.520 bits per heavy atom. The molecule has 0 aliphatic heterocycles. The number of ether oxygens (including phenoxy) is 3. The van der Waals surface area contributed by atoms with Crippen LogP contribution >= 0.6 is 0 Å². The number of amides is 1. The van der Waals surface area contributed by atoms with E-state index in [1.807, 2.05) is 14.1 Å². The lowest BCUT2D eigenvalue weighted by atomic mass is 9.94. The molecule has 0 radical (unpaired) electrons. The number of hydrogen-bond acceptors (Lipinski definition) is 7. The molecule has 0 saturated heterocycles. The Morgan fingerprint density at radius 3 is 1.48 bits per heavy atom. The highest BCUT2D eigenvalue weighted by Crippen LogP contribution is 2.21. The van der Waals surface area contributed by atoms with Crippen molar-refractivity contribution in [3.8, 4) is 0 Å². The first-order valence-electron chi connectivity index (χ1n) is 21.2. The smallest absolute Gasteiger partial charge is 0.407 e. The summed E-state index contributed by atoms with van der Waals surface area (Å²) in [5, 5.41) is 2.88. The number of carbonyl (C=O) groups is 3. The first-order chi connectivity index (χ1) is 24.3. The summed E-state index contributed by atoms with van der Waals surface area (Å²) in [6.45, 7) is 8.91. The largest absolute Gasteiger partial charge is 0.466 e.